The zero-order chi connectivity index (χ0) is 89.3. The molecule has 0 radical (unpaired) electrons. The minimum Gasteiger partial charge on any atom is -0.458 e. The molecule has 0 spiro atoms. The predicted octanol–water partition coefficient (Wildman–Crippen LogP) is 25.5. The van der Waals surface area contributed by atoms with Crippen LogP contribution in [0.1, 0.15) is 74.9 Å². The van der Waals surface area contributed by atoms with Gasteiger partial charge in [-0.25, -0.2) is 0 Å². The molecule has 0 unspecified atom stereocenters. The first kappa shape index (κ1) is 76.7. The molecular weight excluding hydrogens is 1660 g/mol. The summed E-state index contributed by atoms with van der Waals surface area (Å²) in [5.41, 5.74) is 35.2. The van der Waals surface area contributed by atoms with E-state index in [0.29, 0.717) is 0 Å². The number of ether oxygens (including phenoxy) is 3. The van der Waals surface area contributed by atoms with Crippen LogP contribution in [0.25, 0.3) is 152 Å². The maximum Gasteiger partial charge on any atom is 0.251 e. The van der Waals surface area contributed by atoms with Gasteiger partial charge in [0.05, 0.1) is 61.2 Å². The fraction of sp³-hybridized carbons (Fsp3) is 0.0732. The molecular formula is C123H83B3N4O4S. The maximum absolute atomic E-state index is 6.86. The number of para-hydroxylation sites is 9. The number of benzene rings is 19. The smallest absolute Gasteiger partial charge is 0.251 e. The summed E-state index contributed by atoms with van der Waals surface area (Å²) < 4.78 is 39.2. The van der Waals surface area contributed by atoms with Crippen molar-refractivity contribution < 1.29 is 18.6 Å². The molecule has 0 aliphatic carbocycles. The Bertz CT molecular complexity index is 9180. The summed E-state index contributed by atoms with van der Waals surface area (Å²) in [6.07, 6.45) is 0. The average Bonchev–Trinajstić information content (AvgIpc) is 1.73. The number of aromatic nitrogens is 4. The van der Waals surface area contributed by atoms with Crippen LogP contribution in [0.2, 0.25) is 0 Å². The van der Waals surface area contributed by atoms with E-state index in [9.17, 15) is 0 Å². The Hall–Kier alpha value is -16.0. The molecule has 0 fully saturated rings. The van der Waals surface area contributed by atoms with E-state index in [4.69, 9.17) is 18.6 Å². The molecule has 0 bridgehead atoms. The molecule has 135 heavy (non-hydrogen) atoms. The van der Waals surface area contributed by atoms with Gasteiger partial charge in [-0.15, -0.1) is 11.3 Å². The summed E-state index contributed by atoms with van der Waals surface area (Å²) in [5, 5.41) is 15.1. The van der Waals surface area contributed by atoms with Gasteiger partial charge >= 0.3 is 0 Å². The summed E-state index contributed by atoms with van der Waals surface area (Å²) in [4.78, 5) is 0. The molecule has 6 aromatic heterocycles. The van der Waals surface area contributed by atoms with E-state index < -0.39 is 0 Å². The second-order valence-electron chi connectivity index (χ2n) is 39.0. The molecule has 0 atom stereocenters. The zero-order valence-electron chi connectivity index (χ0n) is 75.1. The summed E-state index contributed by atoms with van der Waals surface area (Å²) in [7, 11) is 0. The largest absolute Gasteiger partial charge is 0.458 e. The fourth-order valence-corrected chi connectivity index (χ4v) is 26.4. The van der Waals surface area contributed by atoms with Crippen molar-refractivity contribution in [2.24, 2.45) is 0 Å². The van der Waals surface area contributed by atoms with Crippen molar-refractivity contribution in [1.82, 2.24) is 18.3 Å². The molecule has 6 aliphatic heterocycles. The molecule has 6 aliphatic rings. The molecule has 634 valence electrons. The third kappa shape index (κ3) is 10.6. The van der Waals surface area contributed by atoms with Gasteiger partial charge in [0, 0.05) is 114 Å². The number of hydrogen-bond acceptors (Lipinski definition) is 5. The molecule has 19 aromatic carbocycles. The highest BCUT2D eigenvalue weighted by atomic mass is 32.1. The van der Waals surface area contributed by atoms with Crippen LogP contribution in [0.15, 0.2) is 399 Å². The number of nitrogens with zero attached hydrogens (tertiary/aromatic N) is 4. The highest BCUT2D eigenvalue weighted by Gasteiger charge is 2.49. The van der Waals surface area contributed by atoms with Crippen LogP contribution in [0.4, 0.5) is 0 Å². The monoisotopic (exact) mass is 1740 g/mol. The molecule has 0 saturated carbocycles. The third-order valence-corrected chi connectivity index (χ3v) is 32.2. The van der Waals surface area contributed by atoms with Gasteiger partial charge in [-0.2, -0.15) is 0 Å². The molecule has 0 saturated heterocycles. The van der Waals surface area contributed by atoms with Crippen LogP contribution in [-0.4, -0.2) is 38.4 Å². The summed E-state index contributed by atoms with van der Waals surface area (Å²) in [6, 6.07) is 144. The van der Waals surface area contributed by atoms with Gasteiger partial charge in [-0.3, -0.25) is 0 Å². The Morgan fingerprint density at radius 2 is 0.519 bits per heavy atom. The van der Waals surface area contributed by atoms with Crippen molar-refractivity contribution >= 4 is 210 Å². The van der Waals surface area contributed by atoms with Crippen LogP contribution in [0, 0.1) is 0 Å². The van der Waals surface area contributed by atoms with Gasteiger partial charge < -0.3 is 36.9 Å². The van der Waals surface area contributed by atoms with Gasteiger partial charge in [0.25, 0.3) is 20.1 Å². The molecule has 8 nitrogen and oxygen atoms in total. The van der Waals surface area contributed by atoms with Crippen molar-refractivity contribution in [3.63, 3.8) is 0 Å². The average molecular weight is 1750 g/mol. The van der Waals surface area contributed by atoms with E-state index in [0.717, 1.165) is 73.6 Å². The first-order valence-electron chi connectivity index (χ1n) is 47.1. The standard InChI is InChI=1S/C45H31BN2O.C39H26BNO2.C39H26BNOS/c1-45(2)32-18-8-9-19-34(32)46-35-20-10-13-23-40(35)49-41-27-29(26-33(45)44(41)46)48-37-22-12-7-17-31(37)43-39(48)25-24-38-42(43)30-16-6-11-21-36(30)47(38)28-14-4-3-5-15-28;1-39(2)26-13-5-6-14-28(26)40-29-15-7-10-18-33(29)43-35-22-23(21-27(39)38(35)40)41-30-16-8-3-11-24(30)36-31(41)19-20-34-37(36)25-12-4-9-17-32(25)42-34;1-39(2)26-13-5-6-14-28(26)40-29-15-7-9-17-32(29)42-33-22-23(21-27(39)38(33)40)41-30-16-8-3-11-24(30)36-31(41)19-20-35-37(36)25-12-4-10-18-34(25)43-35/h3-27H,1-2H3;2*3-22H,1-2H3. The van der Waals surface area contributed by atoms with E-state index in [1.807, 2.05) is 17.4 Å². The third-order valence-electron chi connectivity index (χ3n) is 31.1. The highest BCUT2D eigenvalue weighted by Crippen LogP contribution is 2.52. The predicted molar refractivity (Wildman–Crippen MR) is 566 cm³/mol. The molecule has 0 amide bonds. The highest BCUT2D eigenvalue weighted by molar-refractivity contribution is 7.26. The lowest BCUT2D eigenvalue weighted by atomic mass is 9.30. The first-order valence-corrected chi connectivity index (χ1v) is 47.9. The summed E-state index contributed by atoms with van der Waals surface area (Å²) in [6.45, 7) is 14.6. The topological polar surface area (TPSA) is 60.5 Å². The van der Waals surface area contributed by atoms with Gasteiger partial charge in [0.2, 0.25) is 0 Å². The Balaban J connectivity index is 0.0000000987. The summed E-state index contributed by atoms with van der Waals surface area (Å²) in [5.74, 6) is 5.69. The van der Waals surface area contributed by atoms with Crippen molar-refractivity contribution in [3.05, 3.63) is 428 Å². The second kappa shape index (κ2) is 28.0. The van der Waals surface area contributed by atoms with Crippen molar-refractivity contribution in [1.29, 1.82) is 0 Å². The lowest BCUT2D eigenvalue weighted by Crippen LogP contribution is -2.62. The normalized spacial score (nSPS) is 14.5. The van der Waals surface area contributed by atoms with E-state index in [2.05, 4.69) is 448 Å². The lowest BCUT2D eigenvalue weighted by molar-refractivity contribution is 0.484. The van der Waals surface area contributed by atoms with Crippen molar-refractivity contribution in [2.45, 2.75) is 57.8 Å². The van der Waals surface area contributed by atoms with Crippen LogP contribution >= 0.6 is 11.3 Å². The number of thiophene rings is 1. The SMILES string of the molecule is CC1(C)c2ccccc2B2c3ccccc3Oc3cc(-n4c5ccccc5c5c6c(ccc54)oc4ccccc46)cc1c32.CC1(C)c2ccccc2B2c3ccccc3Oc3cc(-n4c5ccccc5c5c6c(ccc54)sc4ccccc46)cc1c32.CC1(C)c2ccccc2B2c3ccccc3Oc3cc(-n4c5ccccc5c5c6c7ccccc7n(-c7ccccc7)c6ccc54)cc1c32. The van der Waals surface area contributed by atoms with Crippen molar-refractivity contribution in [2.75, 3.05) is 0 Å². The van der Waals surface area contributed by atoms with Gasteiger partial charge in [-0.05, 0) is 187 Å². The van der Waals surface area contributed by atoms with Crippen LogP contribution in [0.3, 0.4) is 0 Å². The number of furan rings is 1. The van der Waals surface area contributed by atoms with Crippen molar-refractivity contribution in [3.8, 4) is 57.2 Å². The summed E-state index contributed by atoms with van der Waals surface area (Å²) >= 11 is 1.88. The number of fused-ring (bicyclic) bond motifs is 33. The molecule has 31 rings (SSSR count). The van der Waals surface area contributed by atoms with Gasteiger partial charge in [0.1, 0.15) is 45.7 Å². The van der Waals surface area contributed by atoms with Crippen LogP contribution < -0.4 is 63.4 Å². The quantitative estimate of drug-likeness (QED) is 0.165. The van der Waals surface area contributed by atoms with Gasteiger partial charge in [0.15, 0.2) is 0 Å². The zero-order valence-corrected chi connectivity index (χ0v) is 75.9. The van der Waals surface area contributed by atoms with Crippen LogP contribution in [0.5, 0.6) is 34.5 Å². The number of hydrogen-bond donors (Lipinski definition) is 0. The minimum absolute atomic E-state index is 0.134. The van der Waals surface area contributed by atoms with Gasteiger partial charge in [-0.1, -0.05) is 313 Å². The second-order valence-corrected chi connectivity index (χ2v) is 40.1. The first-order chi connectivity index (χ1) is 66.3. The Morgan fingerprint density at radius 3 is 0.941 bits per heavy atom. The van der Waals surface area contributed by atoms with E-state index in [1.165, 1.54) is 195 Å². The minimum atomic E-state index is -0.210. The Labute approximate surface area is 783 Å². The molecule has 12 heterocycles. The van der Waals surface area contributed by atoms with E-state index >= 15 is 0 Å². The lowest BCUT2D eigenvalue weighted by Gasteiger charge is -2.42. The molecule has 25 aromatic rings. The molecule has 12 heteroatoms. The Morgan fingerprint density at radius 1 is 0.207 bits per heavy atom. The van der Waals surface area contributed by atoms with Crippen LogP contribution in [-0.2, 0) is 16.2 Å². The van der Waals surface area contributed by atoms with E-state index in [-0.39, 0.29) is 36.4 Å². The Kier molecular flexibility index (Phi) is 15.9. The number of rotatable bonds is 4. The van der Waals surface area contributed by atoms with E-state index in [1.54, 1.807) is 0 Å². The fourth-order valence-electron chi connectivity index (χ4n) is 25.3. The maximum atomic E-state index is 6.86. The molecule has 0 N–H and O–H groups in total.